The fourth-order valence-electron chi connectivity index (χ4n) is 1.09. The SMILES string of the molecule is Cl/C=C/c1ccc2c(c1)OCO2. The first kappa shape index (κ1) is 7.50. The van der Waals surface area contributed by atoms with Gasteiger partial charge in [-0.2, -0.15) is 0 Å². The van der Waals surface area contributed by atoms with E-state index in [2.05, 4.69) is 0 Å². The minimum absolute atomic E-state index is 0.309. The monoisotopic (exact) mass is 182 g/mol. The molecule has 0 radical (unpaired) electrons. The number of hydrogen-bond donors (Lipinski definition) is 0. The van der Waals surface area contributed by atoms with Gasteiger partial charge in [0.25, 0.3) is 0 Å². The number of rotatable bonds is 1. The van der Waals surface area contributed by atoms with Gasteiger partial charge in [-0.3, -0.25) is 0 Å². The van der Waals surface area contributed by atoms with Crippen molar-refractivity contribution < 1.29 is 9.47 Å². The molecule has 1 aliphatic rings. The molecule has 1 aromatic carbocycles. The Kier molecular flexibility index (Phi) is 1.92. The highest BCUT2D eigenvalue weighted by molar-refractivity contribution is 6.27. The van der Waals surface area contributed by atoms with E-state index in [-0.39, 0.29) is 0 Å². The zero-order valence-corrected chi connectivity index (χ0v) is 7.04. The summed E-state index contributed by atoms with van der Waals surface area (Å²) < 4.78 is 10.3. The molecule has 0 aromatic heterocycles. The number of benzene rings is 1. The molecule has 12 heavy (non-hydrogen) atoms. The Morgan fingerprint density at radius 2 is 2.08 bits per heavy atom. The van der Waals surface area contributed by atoms with Gasteiger partial charge in [-0.1, -0.05) is 17.7 Å². The number of fused-ring (bicyclic) bond motifs is 1. The molecule has 0 fully saturated rings. The maximum Gasteiger partial charge on any atom is 0.231 e. The van der Waals surface area contributed by atoms with Crippen LogP contribution in [0.1, 0.15) is 5.56 Å². The molecular formula is C9H7ClO2. The van der Waals surface area contributed by atoms with Crippen LogP contribution < -0.4 is 9.47 Å². The van der Waals surface area contributed by atoms with Crippen molar-refractivity contribution >= 4 is 17.7 Å². The molecule has 0 spiro atoms. The van der Waals surface area contributed by atoms with E-state index in [0.29, 0.717) is 6.79 Å². The van der Waals surface area contributed by atoms with Gasteiger partial charge in [-0.15, -0.1) is 0 Å². The molecular weight excluding hydrogens is 176 g/mol. The Balaban J connectivity index is 2.38. The smallest absolute Gasteiger partial charge is 0.231 e. The lowest BCUT2D eigenvalue weighted by Gasteiger charge is -1.96. The van der Waals surface area contributed by atoms with Crippen LogP contribution in [0.2, 0.25) is 0 Å². The first-order chi connectivity index (χ1) is 5.90. The molecule has 0 amide bonds. The van der Waals surface area contributed by atoms with Crippen LogP contribution in [0.3, 0.4) is 0 Å². The molecule has 1 heterocycles. The summed E-state index contributed by atoms with van der Waals surface area (Å²) in [4.78, 5) is 0. The van der Waals surface area contributed by atoms with Gasteiger partial charge in [0.05, 0.1) is 0 Å². The van der Waals surface area contributed by atoms with Crippen molar-refractivity contribution in [1.82, 2.24) is 0 Å². The highest BCUT2D eigenvalue weighted by atomic mass is 35.5. The van der Waals surface area contributed by atoms with E-state index in [1.807, 2.05) is 18.2 Å². The van der Waals surface area contributed by atoms with E-state index in [9.17, 15) is 0 Å². The summed E-state index contributed by atoms with van der Waals surface area (Å²) in [7, 11) is 0. The Hall–Kier alpha value is -1.15. The molecule has 1 aromatic rings. The molecule has 0 unspecified atom stereocenters. The second-order valence-electron chi connectivity index (χ2n) is 2.41. The second-order valence-corrected chi connectivity index (χ2v) is 2.66. The molecule has 2 nitrogen and oxygen atoms in total. The van der Waals surface area contributed by atoms with Crippen LogP contribution in [0.25, 0.3) is 6.08 Å². The summed E-state index contributed by atoms with van der Waals surface area (Å²) in [6.07, 6.45) is 1.80. The number of hydrogen-bond acceptors (Lipinski definition) is 2. The average Bonchev–Trinajstić information content (AvgIpc) is 2.51. The minimum atomic E-state index is 0.309. The maximum atomic E-state index is 5.43. The van der Waals surface area contributed by atoms with Gasteiger partial charge in [0, 0.05) is 5.54 Å². The molecule has 0 bridgehead atoms. The summed E-state index contributed by atoms with van der Waals surface area (Å²) in [5, 5.41) is 0. The molecule has 0 aliphatic carbocycles. The molecule has 2 rings (SSSR count). The van der Waals surface area contributed by atoms with Crippen LogP contribution >= 0.6 is 11.6 Å². The summed E-state index contributed by atoms with van der Waals surface area (Å²) >= 11 is 5.43. The Morgan fingerprint density at radius 3 is 2.92 bits per heavy atom. The second kappa shape index (κ2) is 3.07. The quantitative estimate of drug-likeness (QED) is 0.665. The lowest BCUT2D eigenvalue weighted by atomic mass is 10.2. The lowest BCUT2D eigenvalue weighted by molar-refractivity contribution is 0.174. The lowest BCUT2D eigenvalue weighted by Crippen LogP contribution is -1.92. The van der Waals surface area contributed by atoms with Gasteiger partial charge < -0.3 is 9.47 Å². The first-order valence-electron chi connectivity index (χ1n) is 3.56. The van der Waals surface area contributed by atoms with Crippen LogP contribution in [0, 0.1) is 0 Å². The third kappa shape index (κ3) is 1.25. The molecule has 62 valence electrons. The largest absolute Gasteiger partial charge is 0.454 e. The highest BCUT2D eigenvalue weighted by Crippen LogP contribution is 2.32. The Labute approximate surface area is 75.4 Å². The molecule has 1 aliphatic heterocycles. The molecule has 0 saturated carbocycles. The van der Waals surface area contributed by atoms with Crippen LogP contribution in [0.15, 0.2) is 23.7 Å². The molecule has 0 N–H and O–H groups in total. The first-order valence-corrected chi connectivity index (χ1v) is 4.00. The fourth-order valence-corrected chi connectivity index (χ4v) is 1.24. The average molecular weight is 183 g/mol. The predicted octanol–water partition coefficient (Wildman–Crippen LogP) is 2.62. The minimum Gasteiger partial charge on any atom is -0.454 e. The van der Waals surface area contributed by atoms with Crippen LogP contribution in [-0.2, 0) is 0 Å². The zero-order chi connectivity index (χ0) is 8.39. The van der Waals surface area contributed by atoms with Crippen molar-refractivity contribution in [3.63, 3.8) is 0 Å². The van der Waals surface area contributed by atoms with E-state index in [0.717, 1.165) is 17.1 Å². The topological polar surface area (TPSA) is 18.5 Å². The van der Waals surface area contributed by atoms with Crippen molar-refractivity contribution in [2.24, 2.45) is 0 Å². The van der Waals surface area contributed by atoms with E-state index in [4.69, 9.17) is 21.1 Å². The summed E-state index contributed by atoms with van der Waals surface area (Å²) in [6, 6.07) is 5.68. The Bertz CT molecular complexity index is 320. The van der Waals surface area contributed by atoms with Crippen LogP contribution in [-0.4, -0.2) is 6.79 Å². The van der Waals surface area contributed by atoms with Gasteiger partial charge in [0.2, 0.25) is 6.79 Å². The predicted molar refractivity (Wildman–Crippen MR) is 47.5 cm³/mol. The number of halogens is 1. The summed E-state index contributed by atoms with van der Waals surface area (Å²) in [5.41, 5.74) is 2.48. The third-order valence-electron chi connectivity index (χ3n) is 1.65. The normalized spacial score (nSPS) is 14.1. The molecule has 0 atom stereocenters. The van der Waals surface area contributed by atoms with E-state index in [1.54, 1.807) is 6.08 Å². The number of ether oxygens (including phenoxy) is 2. The Morgan fingerprint density at radius 1 is 1.25 bits per heavy atom. The molecule has 3 heteroatoms. The fraction of sp³-hybridized carbons (Fsp3) is 0.111. The molecule has 0 saturated heterocycles. The van der Waals surface area contributed by atoms with Crippen molar-refractivity contribution in [3.05, 3.63) is 29.3 Å². The zero-order valence-electron chi connectivity index (χ0n) is 6.29. The van der Waals surface area contributed by atoms with Gasteiger partial charge in [-0.05, 0) is 23.8 Å². The third-order valence-corrected chi connectivity index (χ3v) is 1.78. The van der Waals surface area contributed by atoms with Crippen molar-refractivity contribution in [3.8, 4) is 11.5 Å². The van der Waals surface area contributed by atoms with Gasteiger partial charge in [0.15, 0.2) is 11.5 Å². The van der Waals surface area contributed by atoms with Crippen LogP contribution in [0.5, 0.6) is 11.5 Å². The van der Waals surface area contributed by atoms with E-state index >= 15 is 0 Å². The van der Waals surface area contributed by atoms with Gasteiger partial charge in [-0.25, -0.2) is 0 Å². The van der Waals surface area contributed by atoms with Crippen molar-refractivity contribution in [1.29, 1.82) is 0 Å². The van der Waals surface area contributed by atoms with Crippen molar-refractivity contribution in [2.45, 2.75) is 0 Å². The summed E-state index contributed by atoms with van der Waals surface area (Å²) in [5.74, 6) is 1.57. The standard InChI is InChI=1S/C9H7ClO2/c10-4-3-7-1-2-8-9(5-7)12-6-11-8/h1-5H,6H2/b4-3+. The van der Waals surface area contributed by atoms with E-state index < -0.39 is 0 Å². The highest BCUT2D eigenvalue weighted by Gasteiger charge is 2.11. The summed E-state index contributed by atoms with van der Waals surface area (Å²) in [6.45, 7) is 0.309. The van der Waals surface area contributed by atoms with Gasteiger partial charge in [0.1, 0.15) is 0 Å². The van der Waals surface area contributed by atoms with Gasteiger partial charge >= 0.3 is 0 Å². The van der Waals surface area contributed by atoms with E-state index in [1.165, 1.54) is 5.54 Å². The van der Waals surface area contributed by atoms with Crippen LogP contribution in [0.4, 0.5) is 0 Å². The maximum absolute atomic E-state index is 5.43. The van der Waals surface area contributed by atoms with Crippen molar-refractivity contribution in [2.75, 3.05) is 6.79 Å².